The molecule has 0 saturated heterocycles. The normalized spacial score (nSPS) is 11.7. The number of hydrogen-bond acceptors (Lipinski definition) is 5. The van der Waals surface area contributed by atoms with Crippen molar-refractivity contribution in [3.63, 3.8) is 0 Å². The topological polar surface area (TPSA) is 82.5 Å². The number of nitrogens with zero attached hydrogens (tertiary/aromatic N) is 1. The smallest absolute Gasteiger partial charge is 0.310 e. The summed E-state index contributed by atoms with van der Waals surface area (Å²) < 4.78 is 0. The molecule has 0 atom stereocenters. The minimum absolute atomic E-state index is 0.0350. The Labute approximate surface area is 119 Å². The summed E-state index contributed by atoms with van der Waals surface area (Å²) in [4.78, 5) is 28.7. The first-order chi connectivity index (χ1) is 9.38. The van der Waals surface area contributed by atoms with E-state index in [0.717, 1.165) is 11.1 Å². The van der Waals surface area contributed by atoms with Gasteiger partial charge in [-0.25, -0.2) is 0 Å². The highest BCUT2D eigenvalue weighted by molar-refractivity contribution is 7.11. The molecule has 2 aromatic rings. The van der Waals surface area contributed by atoms with E-state index in [0.29, 0.717) is 22.7 Å². The molecule has 0 fully saturated rings. The summed E-state index contributed by atoms with van der Waals surface area (Å²) in [5.41, 5.74) is 2.71. The van der Waals surface area contributed by atoms with Crippen LogP contribution in [0.1, 0.15) is 23.6 Å². The number of benzene rings is 1. The van der Waals surface area contributed by atoms with Gasteiger partial charge >= 0.3 is 4.87 Å². The van der Waals surface area contributed by atoms with Gasteiger partial charge in [0, 0.05) is 0 Å². The van der Waals surface area contributed by atoms with Crippen LogP contribution in [-0.4, -0.2) is 15.8 Å². The van der Waals surface area contributed by atoms with Gasteiger partial charge in [0.2, 0.25) is 0 Å². The van der Waals surface area contributed by atoms with Crippen molar-refractivity contribution in [1.82, 2.24) is 4.98 Å². The fraction of sp³-hybridized carbons (Fsp3) is 0.214. The molecule has 0 spiro atoms. The summed E-state index contributed by atoms with van der Waals surface area (Å²) in [5, 5.41) is 9.42. The van der Waals surface area contributed by atoms with Gasteiger partial charge in [-0.3, -0.25) is 19.6 Å². The standard InChI is InChI=1S/C14H14N2O3S/c1-7-4-5-10(6-8(7)2)15-9(3)11-12(17)16-14(19)20-13(11)18/h4-6,18H,1-3H3,(H,16,17,19). The average molecular weight is 290 g/mol. The number of aryl methyl sites for hydroxylation is 2. The lowest BCUT2D eigenvalue weighted by molar-refractivity contribution is 0.487. The first kappa shape index (κ1) is 14.2. The van der Waals surface area contributed by atoms with E-state index in [-0.39, 0.29) is 10.6 Å². The van der Waals surface area contributed by atoms with E-state index < -0.39 is 10.4 Å². The van der Waals surface area contributed by atoms with Crippen LogP contribution in [0.4, 0.5) is 5.69 Å². The highest BCUT2D eigenvalue weighted by Crippen LogP contribution is 2.21. The SMILES string of the molecule is CC(=Nc1ccc(C)c(C)c1)c1c(O)sc(=O)[nH]c1=O. The largest absolute Gasteiger partial charge is 0.499 e. The van der Waals surface area contributed by atoms with Gasteiger partial charge in [-0.05, 0) is 55.4 Å². The molecule has 6 heteroatoms. The number of hydrogen-bond donors (Lipinski definition) is 2. The molecule has 0 aliphatic heterocycles. The first-order valence-corrected chi connectivity index (χ1v) is 6.79. The molecule has 1 aromatic carbocycles. The molecular weight excluding hydrogens is 276 g/mol. The Morgan fingerprint density at radius 1 is 1.25 bits per heavy atom. The lowest BCUT2D eigenvalue weighted by atomic mass is 10.1. The second-order valence-electron chi connectivity index (χ2n) is 4.49. The second kappa shape index (κ2) is 5.42. The molecule has 20 heavy (non-hydrogen) atoms. The molecule has 0 radical (unpaired) electrons. The Hall–Kier alpha value is -2.21. The fourth-order valence-electron chi connectivity index (χ4n) is 1.78. The predicted octanol–water partition coefficient (Wildman–Crippen LogP) is 2.26. The zero-order valence-corrected chi connectivity index (χ0v) is 12.2. The van der Waals surface area contributed by atoms with Gasteiger partial charge in [-0.1, -0.05) is 6.07 Å². The molecule has 1 heterocycles. The Morgan fingerprint density at radius 3 is 2.55 bits per heavy atom. The van der Waals surface area contributed by atoms with Crippen LogP contribution in [0.5, 0.6) is 5.06 Å². The van der Waals surface area contributed by atoms with E-state index in [4.69, 9.17) is 0 Å². The fourth-order valence-corrected chi connectivity index (χ4v) is 2.44. The van der Waals surface area contributed by atoms with E-state index >= 15 is 0 Å². The molecule has 5 nitrogen and oxygen atoms in total. The lowest BCUT2D eigenvalue weighted by Crippen LogP contribution is -2.22. The van der Waals surface area contributed by atoms with Crippen molar-refractivity contribution in [2.24, 2.45) is 4.99 Å². The van der Waals surface area contributed by atoms with Gasteiger partial charge in [0.1, 0.15) is 5.56 Å². The molecular formula is C14H14N2O3S. The molecule has 2 rings (SSSR count). The predicted molar refractivity (Wildman–Crippen MR) is 80.7 cm³/mol. The Morgan fingerprint density at radius 2 is 1.95 bits per heavy atom. The summed E-state index contributed by atoms with van der Waals surface area (Å²) in [6.07, 6.45) is 0. The monoisotopic (exact) mass is 290 g/mol. The Bertz CT molecular complexity index is 803. The second-order valence-corrected chi connectivity index (χ2v) is 5.45. The van der Waals surface area contributed by atoms with Crippen molar-refractivity contribution in [2.75, 3.05) is 0 Å². The van der Waals surface area contributed by atoms with Crippen molar-refractivity contribution >= 4 is 22.7 Å². The quantitative estimate of drug-likeness (QED) is 0.832. The van der Waals surface area contributed by atoms with Crippen LogP contribution in [-0.2, 0) is 0 Å². The average Bonchev–Trinajstić information content (AvgIpc) is 2.32. The van der Waals surface area contributed by atoms with E-state index in [1.165, 1.54) is 0 Å². The number of aliphatic imine (C=N–C) groups is 1. The summed E-state index contributed by atoms with van der Waals surface area (Å²) in [6.45, 7) is 5.60. The van der Waals surface area contributed by atoms with Gasteiger partial charge in [0.25, 0.3) is 5.56 Å². The Kier molecular flexibility index (Phi) is 3.85. The van der Waals surface area contributed by atoms with E-state index in [2.05, 4.69) is 9.98 Å². The summed E-state index contributed by atoms with van der Waals surface area (Å²) in [5.74, 6) is 0. The Balaban J connectivity index is 2.53. The maximum absolute atomic E-state index is 11.7. The number of aromatic amines is 1. The first-order valence-electron chi connectivity index (χ1n) is 5.98. The summed E-state index contributed by atoms with van der Waals surface area (Å²) in [7, 11) is 0. The molecule has 0 unspecified atom stereocenters. The third-order valence-electron chi connectivity index (χ3n) is 2.99. The highest BCUT2D eigenvalue weighted by atomic mass is 32.1. The van der Waals surface area contributed by atoms with Crippen molar-refractivity contribution in [2.45, 2.75) is 20.8 Å². The minimum atomic E-state index is -0.628. The van der Waals surface area contributed by atoms with Crippen LogP contribution in [0.2, 0.25) is 0 Å². The number of aromatic nitrogens is 1. The molecule has 0 amide bonds. The van der Waals surface area contributed by atoms with Crippen LogP contribution in [0, 0.1) is 13.8 Å². The van der Waals surface area contributed by atoms with Gasteiger partial charge in [-0.15, -0.1) is 0 Å². The summed E-state index contributed by atoms with van der Waals surface area (Å²) >= 11 is 0.581. The van der Waals surface area contributed by atoms with Crippen molar-refractivity contribution in [3.8, 4) is 5.06 Å². The molecule has 0 aliphatic rings. The van der Waals surface area contributed by atoms with Crippen molar-refractivity contribution in [3.05, 3.63) is 54.9 Å². The molecule has 0 aliphatic carbocycles. The number of aromatic hydroxyl groups is 1. The third-order valence-corrected chi connectivity index (χ3v) is 3.68. The molecule has 0 bridgehead atoms. The van der Waals surface area contributed by atoms with Crippen molar-refractivity contribution in [1.29, 1.82) is 0 Å². The van der Waals surface area contributed by atoms with Crippen LogP contribution >= 0.6 is 11.3 Å². The molecule has 2 N–H and O–H groups in total. The molecule has 0 saturated carbocycles. The van der Waals surface area contributed by atoms with Crippen LogP contribution in [0.25, 0.3) is 0 Å². The van der Waals surface area contributed by atoms with E-state index in [9.17, 15) is 14.7 Å². The van der Waals surface area contributed by atoms with E-state index in [1.54, 1.807) is 6.92 Å². The van der Waals surface area contributed by atoms with Crippen LogP contribution < -0.4 is 10.4 Å². The van der Waals surface area contributed by atoms with Gasteiger partial charge in [-0.2, -0.15) is 0 Å². The van der Waals surface area contributed by atoms with Gasteiger partial charge in [0.05, 0.1) is 11.4 Å². The zero-order valence-electron chi connectivity index (χ0n) is 11.4. The maximum atomic E-state index is 11.7. The maximum Gasteiger partial charge on any atom is 0.310 e. The van der Waals surface area contributed by atoms with Crippen LogP contribution in [0.15, 0.2) is 32.8 Å². The number of nitrogens with one attached hydrogen (secondary N) is 1. The van der Waals surface area contributed by atoms with Crippen molar-refractivity contribution < 1.29 is 5.11 Å². The lowest BCUT2D eigenvalue weighted by Gasteiger charge is -2.04. The van der Waals surface area contributed by atoms with E-state index in [1.807, 2.05) is 32.0 Å². The third kappa shape index (κ3) is 2.85. The minimum Gasteiger partial charge on any atom is -0.499 e. The number of rotatable bonds is 2. The molecule has 104 valence electrons. The zero-order chi connectivity index (χ0) is 14.9. The number of H-pyrrole nitrogens is 1. The molecule has 1 aromatic heterocycles. The van der Waals surface area contributed by atoms with Gasteiger partial charge < -0.3 is 5.11 Å². The van der Waals surface area contributed by atoms with Gasteiger partial charge in [0.15, 0.2) is 5.06 Å². The summed E-state index contributed by atoms with van der Waals surface area (Å²) in [6, 6.07) is 5.67. The highest BCUT2D eigenvalue weighted by Gasteiger charge is 2.12. The van der Waals surface area contributed by atoms with Crippen LogP contribution in [0.3, 0.4) is 0 Å².